The fourth-order valence-corrected chi connectivity index (χ4v) is 6.27. The summed E-state index contributed by atoms with van der Waals surface area (Å²) in [6, 6.07) is 20.2. The van der Waals surface area contributed by atoms with Crippen molar-refractivity contribution < 1.29 is 62.0 Å². The van der Waals surface area contributed by atoms with Gasteiger partial charge in [0.25, 0.3) is 17.7 Å². The summed E-state index contributed by atoms with van der Waals surface area (Å²) < 4.78 is 33.1. The van der Waals surface area contributed by atoms with Crippen LogP contribution < -0.4 is 51.4 Å². The quantitative estimate of drug-likeness (QED) is 0.0419. The SMILES string of the molecule is CCC(=O)NC(COCCC(=O)NCCCNC(=O)c1ccc(OC)cc1)(COCCC(=O)NCCCNC(=O)c1ccc(OC)cc1)COCCC(=O)NCCCNC(=O)c1ccc(OC)cc1. The summed E-state index contributed by atoms with van der Waals surface area (Å²) in [5, 5.41) is 19.8. The molecule has 0 aliphatic heterocycles. The van der Waals surface area contributed by atoms with E-state index in [-0.39, 0.29) is 107 Å². The molecule has 0 fully saturated rings. The van der Waals surface area contributed by atoms with Gasteiger partial charge in [0.2, 0.25) is 23.6 Å². The average molecular weight is 964 g/mol. The zero-order valence-electron chi connectivity index (χ0n) is 40.2. The summed E-state index contributed by atoms with van der Waals surface area (Å²) in [6.45, 7) is 3.33. The van der Waals surface area contributed by atoms with Crippen LogP contribution in [0.5, 0.6) is 17.2 Å². The number of hydrogen-bond acceptors (Lipinski definition) is 13. The number of carbonyl (C=O) groups is 7. The van der Waals surface area contributed by atoms with Gasteiger partial charge in [-0.1, -0.05) is 6.92 Å². The molecule has 0 aliphatic rings. The molecule has 20 heteroatoms. The van der Waals surface area contributed by atoms with Gasteiger partial charge in [0.1, 0.15) is 22.8 Å². The molecule has 0 heterocycles. The van der Waals surface area contributed by atoms with E-state index in [0.29, 0.717) is 92.5 Å². The number of nitrogens with one attached hydrogen (secondary N) is 7. The van der Waals surface area contributed by atoms with Crippen LogP contribution in [0.25, 0.3) is 0 Å². The zero-order valence-corrected chi connectivity index (χ0v) is 40.2. The summed E-state index contributed by atoms with van der Waals surface area (Å²) >= 11 is 0. The predicted molar refractivity (Wildman–Crippen MR) is 256 cm³/mol. The number of ether oxygens (including phenoxy) is 6. The van der Waals surface area contributed by atoms with Crippen molar-refractivity contribution in [2.45, 2.75) is 57.4 Å². The van der Waals surface area contributed by atoms with Crippen LogP contribution in [0, 0.1) is 0 Å². The van der Waals surface area contributed by atoms with Crippen molar-refractivity contribution >= 4 is 41.4 Å². The van der Waals surface area contributed by atoms with Gasteiger partial charge in [-0.2, -0.15) is 0 Å². The Morgan fingerprint density at radius 2 is 0.681 bits per heavy atom. The highest BCUT2D eigenvalue weighted by atomic mass is 16.5. The van der Waals surface area contributed by atoms with Crippen molar-refractivity contribution in [3.8, 4) is 17.2 Å². The number of rotatable bonds is 35. The third-order valence-corrected chi connectivity index (χ3v) is 10.2. The van der Waals surface area contributed by atoms with Crippen molar-refractivity contribution in [3.05, 3.63) is 89.5 Å². The highest BCUT2D eigenvalue weighted by Crippen LogP contribution is 2.14. The van der Waals surface area contributed by atoms with Crippen LogP contribution in [0.2, 0.25) is 0 Å². The van der Waals surface area contributed by atoms with E-state index in [4.69, 9.17) is 28.4 Å². The van der Waals surface area contributed by atoms with E-state index in [1.165, 1.54) is 0 Å². The van der Waals surface area contributed by atoms with Crippen LogP contribution in [0.3, 0.4) is 0 Å². The molecule has 0 spiro atoms. The number of methoxy groups -OCH3 is 3. The highest BCUT2D eigenvalue weighted by Gasteiger charge is 2.33. The van der Waals surface area contributed by atoms with Gasteiger partial charge in [0.15, 0.2) is 0 Å². The summed E-state index contributed by atoms with van der Waals surface area (Å²) in [5.41, 5.74) is 0.224. The minimum absolute atomic E-state index is 0.00427. The summed E-state index contributed by atoms with van der Waals surface area (Å²) in [4.78, 5) is 87.9. The van der Waals surface area contributed by atoms with E-state index < -0.39 is 5.54 Å². The zero-order chi connectivity index (χ0) is 50.1. The van der Waals surface area contributed by atoms with Gasteiger partial charge < -0.3 is 65.6 Å². The maximum absolute atomic E-state index is 12.8. The second-order valence-corrected chi connectivity index (χ2v) is 15.7. The van der Waals surface area contributed by atoms with Gasteiger partial charge in [-0.25, -0.2) is 0 Å². The first kappa shape index (κ1) is 56.6. The molecule has 3 rings (SSSR count). The monoisotopic (exact) mass is 963 g/mol. The molecule has 69 heavy (non-hydrogen) atoms. The fourth-order valence-electron chi connectivity index (χ4n) is 6.27. The van der Waals surface area contributed by atoms with Crippen molar-refractivity contribution in [1.82, 2.24) is 37.2 Å². The van der Waals surface area contributed by atoms with Gasteiger partial charge in [-0.15, -0.1) is 0 Å². The Balaban J connectivity index is 1.44. The number of benzene rings is 3. The summed E-state index contributed by atoms with van der Waals surface area (Å²) in [6.07, 6.45) is 1.66. The molecular weight excluding hydrogens is 895 g/mol. The van der Waals surface area contributed by atoms with Gasteiger partial charge in [0.05, 0.1) is 61.0 Å². The maximum Gasteiger partial charge on any atom is 0.251 e. The van der Waals surface area contributed by atoms with Gasteiger partial charge in [-0.3, -0.25) is 33.6 Å². The molecule has 0 aromatic heterocycles. The van der Waals surface area contributed by atoms with Crippen LogP contribution in [-0.2, 0) is 33.4 Å². The second kappa shape index (κ2) is 32.8. The molecule has 3 aromatic rings. The normalized spacial score (nSPS) is 10.8. The van der Waals surface area contributed by atoms with Crippen LogP contribution in [0.4, 0.5) is 0 Å². The van der Waals surface area contributed by atoms with Gasteiger partial charge in [-0.05, 0) is 92.1 Å². The molecule has 0 radical (unpaired) electrons. The van der Waals surface area contributed by atoms with E-state index in [9.17, 15) is 33.6 Å². The average Bonchev–Trinajstić information content (AvgIpc) is 3.37. The molecule has 0 saturated carbocycles. The van der Waals surface area contributed by atoms with Crippen molar-refractivity contribution in [2.24, 2.45) is 0 Å². The Hall–Kier alpha value is -6.77. The fraction of sp³-hybridized carbons (Fsp3) is 0.490. The lowest BCUT2D eigenvalue weighted by atomic mass is 10.0. The smallest absolute Gasteiger partial charge is 0.251 e. The van der Waals surface area contributed by atoms with E-state index >= 15 is 0 Å². The topological polar surface area (TPSA) is 259 Å². The number of amides is 7. The first-order valence-electron chi connectivity index (χ1n) is 23.0. The summed E-state index contributed by atoms with van der Waals surface area (Å²) in [5.74, 6) is 0.0672. The van der Waals surface area contributed by atoms with E-state index in [2.05, 4.69) is 37.2 Å². The Morgan fingerprint density at radius 1 is 0.406 bits per heavy atom. The Kier molecular flexibility index (Phi) is 26.9. The van der Waals surface area contributed by atoms with E-state index in [1.807, 2.05) is 0 Å². The Labute approximate surface area is 404 Å². The highest BCUT2D eigenvalue weighted by molar-refractivity contribution is 5.95. The van der Waals surface area contributed by atoms with Crippen molar-refractivity contribution in [1.29, 1.82) is 0 Å². The third-order valence-electron chi connectivity index (χ3n) is 10.2. The van der Waals surface area contributed by atoms with Crippen molar-refractivity contribution in [2.75, 3.05) is 100 Å². The molecule has 0 unspecified atom stereocenters. The second-order valence-electron chi connectivity index (χ2n) is 15.7. The van der Waals surface area contributed by atoms with Crippen molar-refractivity contribution in [3.63, 3.8) is 0 Å². The van der Waals surface area contributed by atoms with Gasteiger partial charge >= 0.3 is 0 Å². The molecular formula is C49H69N7O13. The molecule has 7 amide bonds. The standard InChI is InChI=1S/C49H69N7O13/c1-5-42(57)56-49(33-67-30-21-43(58)50-24-6-27-53-46(61)36-9-15-39(64-2)16-10-36,34-68-31-22-44(59)51-25-7-28-54-47(62)37-11-17-40(65-3)18-12-37)35-69-32-23-45(60)52-26-8-29-55-48(63)38-13-19-41(66-4)20-14-38/h9-20H,5-8,21-35H2,1-4H3,(H,50,58)(H,51,59)(H,52,60)(H,53,61)(H,54,62)(H,55,63)(H,56,57). The molecule has 7 N–H and O–H groups in total. The van der Waals surface area contributed by atoms with E-state index in [0.717, 1.165) is 0 Å². The molecule has 3 aromatic carbocycles. The van der Waals surface area contributed by atoms with Crippen LogP contribution >= 0.6 is 0 Å². The Morgan fingerprint density at radius 3 is 0.942 bits per heavy atom. The largest absolute Gasteiger partial charge is 0.497 e. The molecule has 0 aliphatic carbocycles. The molecule has 20 nitrogen and oxygen atoms in total. The van der Waals surface area contributed by atoms with Crippen LogP contribution in [-0.4, -0.2) is 147 Å². The minimum atomic E-state index is -1.25. The molecule has 0 bridgehead atoms. The first-order valence-corrected chi connectivity index (χ1v) is 23.0. The van der Waals surface area contributed by atoms with E-state index in [1.54, 1.807) is 101 Å². The lowest BCUT2D eigenvalue weighted by Gasteiger charge is -2.34. The molecule has 0 saturated heterocycles. The minimum Gasteiger partial charge on any atom is -0.497 e. The van der Waals surface area contributed by atoms with Crippen LogP contribution in [0.1, 0.15) is 82.9 Å². The predicted octanol–water partition coefficient (Wildman–Crippen LogP) is 2.31. The maximum atomic E-state index is 12.8. The number of hydrogen-bond donors (Lipinski definition) is 7. The number of carbonyl (C=O) groups excluding carboxylic acids is 7. The molecule has 0 atom stereocenters. The first-order chi connectivity index (χ1) is 33.4. The lowest BCUT2D eigenvalue weighted by Crippen LogP contribution is -2.58. The summed E-state index contributed by atoms with van der Waals surface area (Å²) in [7, 11) is 4.64. The molecule has 378 valence electrons. The van der Waals surface area contributed by atoms with Gasteiger partial charge in [0, 0.05) is 81.6 Å². The third kappa shape index (κ3) is 23.2. The Bertz CT molecular complexity index is 1820. The van der Waals surface area contributed by atoms with Crippen LogP contribution in [0.15, 0.2) is 72.8 Å². The lowest BCUT2D eigenvalue weighted by molar-refractivity contribution is -0.130.